The average Bonchev–Trinajstić information content (AvgIpc) is 1.82. The molecule has 0 spiro atoms. The summed E-state index contributed by atoms with van der Waals surface area (Å²) in [6.45, 7) is 4.02. The van der Waals surface area contributed by atoms with Crippen molar-refractivity contribution < 1.29 is 10.2 Å². The predicted molar refractivity (Wildman–Crippen MR) is 38.1 cm³/mol. The molecular formula is C7H15NO2. The van der Waals surface area contributed by atoms with Gasteiger partial charge in [-0.05, 0) is 18.3 Å². The molecule has 4 atom stereocenters. The van der Waals surface area contributed by atoms with Gasteiger partial charge >= 0.3 is 0 Å². The van der Waals surface area contributed by atoms with Crippen molar-refractivity contribution in [3.05, 3.63) is 0 Å². The molecule has 60 valence electrons. The highest BCUT2D eigenvalue weighted by atomic mass is 16.3. The summed E-state index contributed by atoms with van der Waals surface area (Å²) in [5, 5.41) is 21.0. The van der Waals surface area contributed by atoms with Crippen LogP contribution in [0.5, 0.6) is 0 Å². The van der Waals surface area contributed by atoms with E-state index in [4.69, 9.17) is 5.11 Å². The highest BCUT2D eigenvalue weighted by molar-refractivity contribution is 4.77. The van der Waals surface area contributed by atoms with Gasteiger partial charge in [0.1, 0.15) is 12.5 Å². The highest BCUT2D eigenvalue weighted by Crippen LogP contribution is 2.23. The van der Waals surface area contributed by atoms with Crippen molar-refractivity contribution >= 4 is 0 Å². The van der Waals surface area contributed by atoms with E-state index < -0.39 is 12.5 Å². The van der Waals surface area contributed by atoms with Crippen LogP contribution in [0.1, 0.15) is 20.3 Å². The van der Waals surface area contributed by atoms with Crippen molar-refractivity contribution in [2.45, 2.75) is 32.7 Å². The Kier molecular flexibility index (Phi) is 2.28. The lowest BCUT2D eigenvalue weighted by molar-refractivity contribution is -0.0519. The molecule has 1 aliphatic heterocycles. The van der Waals surface area contributed by atoms with E-state index in [0.29, 0.717) is 5.92 Å². The standard InChI is InChI=1S/C7H15NO2/c1-4-3-6(9)8-7(10)5(4)2/h4-10H,3H2,1-2H3/t4-,5?,6?,7?/m0/s1. The van der Waals surface area contributed by atoms with Crippen LogP contribution in [0.25, 0.3) is 0 Å². The first-order valence-electron chi connectivity index (χ1n) is 3.73. The summed E-state index contributed by atoms with van der Waals surface area (Å²) in [5.41, 5.74) is 0. The summed E-state index contributed by atoms with van der Waals surface area (Å²) >= 11 is 0. The van der Waals surface area contributed by atoms with Crippen LogP contribution in [0.4, 0.5) is 0 Å². The molecular weight excluding hydrogens is 130 g/mol. The van der Waals surface area contributed by atoms with Gasteiger partial charge in [-0.15, -0.1) is 0 Å². The molecule has 0 aromatic rings. The Balaban J connectivity index is 2.49. The first-order valence-corrected chi connectivity index (χ1v) is 3.73. The Bertz CT molecular complexity index is 106. The van der Waals surface area contributed by atoms with E-state index in [0.717, 1.165) is 6.42 Å². The summed E-state index contributed by atoms with van der Waals surface area (Å²) < 4.78 is 0. The van der Waals surface area contributed by atoms with Gasteiger partial charge in [0.2, 0.25) is 0 Å². The van der Waals surface area contributed by atoms with Crippen LogP contribution in [-0.2, 0) is 0 Å². The van der Waals surface area contributed by atoms with E-state index in [2.05, 4.69) is 5.32 Å². The van der Waals surface area contributed by atoms with Crippen LogP contribution in [-0.4, -0.2) is 22.7 Å². The van der Waals surface area contributed by atoms with E-state index in [-0.39, 0.29) is 5.92 Å². The van der Waals surface area contributed by atoms with Crippen molar-refractivity contribution in [2.24, 2.45) is 11.8 Å². The molecule has 3 heteroatoms. The topological polar surface area (TPSA) is 52.5 Å². The van der Waals surface area contributed by atoms with Gasteiger partial charge in [0, 0.05) is 0 Å². The molecule has 0 radical (unpaired) electrons. The van der Waals surface area contributed by atoms with E-state index in [9.17, 15) is 5.11 Å². The maximum absolute atomic E-state index is 9.25. The summed E-state index contributed by atoms with van der Waals surface area (Å²) in [6, 6.07) is 0. The molecule has 3 nitrogen and oxygen atoms in total. The third-order valence-electron chi connectivity index (χ3n) is 2.35. The maximum atomic E-state index is 9.25. The number of aliphatic hydroxyl groups excluding tert-OH is 2. The quantitative estimate of drug-likeness (QED) is 0.446. The van der Waals surface area contributed by atoms with Crippen molar-refractivity contribution in [2.75, 3.05) is 0 Å². The number of hydrogen-bond acceptors (Lipinski definition) is 3. The zero-order valence-corrected chi connectivity index (χ0v) is 6.41. The van der Waals surface area contributed by atoms with Gasteiger partial charge < -0.3 is 10.2 Å². The third kappa shape index (κ3) is 1.48. The molecule has 3 unspecified atom stereocenters. The molecule has 0 amide bonds. The minimum atomic E-state index is -0.543. The first kappa shape index (κ1) is 7.98. The van der Waals surface area contributed by atoms with Gasteiger partial charge in [-0.2, -0.15) is 0 Å². The summed E-state index contributed by atoms with van der Waals surface area (Å²) in [5.74, 6) is 0.634. The van der Waals surface area contributed by atoms with Crippen LogP contribution in [0, 0.1) is 11.8 Å². The smallest absolute Gasteiger partial charge is 0.109 e. The summed E-state index contributed by atoms with van der Waals surface area (Å²) in [4.78, 5) is 0. The average molecular weight is 145 g/mol. The largest absolute Gasteiger partial charge is 0.379 e. The van der Waals surface area contributed by atoms with Crippen molar-refractivity contribution in [3.8, 4) is 0 Å². The molecule has 1 fully saturated rings. The van der Waals surface area contributed by atoms with Gasteiger partial charge in [0.25, 0.3) is 0 Å². The zero-order valence-electron chi connectivity index (χ0n) is 6.41. The molecule has 1 heterocycles. The minimum Gasteiger partial charge on any atom is -0.379 e. The van der Waals surface area contributed by atoms with Crippen molar-refractivity contribution in [1.82, 2.24) is 5.32 Å². The molecule has 0 aromatic heterocycles. The van der Waals surface area contributed by atoms with E-state index in [1.54, 1.807) is 0 Å². The molecule has 3 N–H and O–H groups in total. The second-order valence-corrected chi connectivity index (χ2v) is 3.20. The summed E-state index contributed by atoms with van der Waals surface area (Å²) in [6.07, 6.45) is -0.335. The third-order valence-corrected chi connectivity index (χ3v) is 2.35. The fourth-order valence-electron chi connectivity index (χ4n) is 1.29. The lowest BCUT2D eigenvalue weighted by Gasteiger charge is -2.34. The predicted octanol–water partition coefficient (Wildman–Crippen LogP) is -0.111. The van der Waals surface area contributed by atoms with E-state index in [1.807, 2.05) is 13.8 Å². The fraction of sp³-hybridized carbons (Fsp3) is 1.00. The highest BCUT2D eigenvalue weighted by Gasteiger charge is 2.29. The first-order chi connectivity index (χ1) is 4.61. The Morgan fingerprint density at radius 3 is 2.40 bits per heavy atom. The van der Waals surface area contributed by atoms with Gasteiger partial charge in [-0.25, -0.2) is 0 Å². The van der Waals surface area contributed by atoms with Crippen LogP contribution in [0.15, 0.2) is 0 Å². The van der Waals surface area contributed by atoms with E-state index >= 15 is 0 Å². The number of hydrogen-bond donors (Lipinski definition) is 3. The fourth-order valence-corrected chi connectivity index (χ4v) is 1.29. The van der Waals surface area contributed by atoms with Gasteiger partial charge in [0.15, 0.2) is 0 Å². The molecule has 0 bridgehead atoms. The number of aliphatic hydroxyl groups is 2. The lowest BCUT2D eigenvalue weighted by Crippen LogP contribution is -2.49. The second-order valence-electron chi connectivity index (χ2n) is 3.20. The second kappa shape index (κ2) is 2.86. The van der Waals surface area contributed by atoms with Gasteiger partial charge in [-0.3, -0.25) is 5.32 Å². The van der Waals surface area contributed by atoms with Crippen LogP contribution in [0.2, 0.25) is 0 Å². The maximum Gasteiger partial charge on any atom is 0.109 e. The lowest BCUT2D eigenvalue weighted by atomic mass is 9.87. The molecule has 1 aliphatic rings. The van der Waals surface area contributed by atoms with Crippen molar-refractivity contribution in [1.29, 1.82) is 0 Å². The number of nitrogens with one attached hydrogen (secondary N) is 1. The molecule has 0 saturated carbocycles. The molecule has 0 aliphatic carbocycles. The molecule has 1 rings (SSSR count). The molecule has 1 saturated heterocycles. The number of rotatable bonds is 0. The van der Waals surface area contributed by atoms with Crippen LogP contribution < -0.4 is 5.32 Å². The summed E-state index contributed by atoms with van der Waals surface area (Å²) in [7, 11) is 0. The number of piperidine rings is 1. The Labute approximate surface area is 61.1 Å². The Morgan fingerprint density at radius 2 is 1.90 bits per heavy atom. The normalized spacial score (nSPS) is 49.2. The van der Waals surface area contributed by atoms with Gasteiger partial charge in [-0.1, -0.05) is 13.8 Å². The van der Waals surface area contributed by atoms with Gasteiger partial charge in [0.05, 0.1) is 0 Å². The van der Waals surface area contributed by atoms with Crippen LogP contribution >= 0.6 is 0 Å². The van der Waals surface area contributed by atoms with Crippen molar-refractivity contribution in [3.63, 3.8) is 0 Å². The molecule has 0 aromatic carbocycles. The van der Waals surface area contributed by atoms with E-state index in [1.165, 1.54) is 0 Å². The monoisotopic (exact) mass is 145 g/mol. The Hall–Kier alpha value is -0.120. The van der Waals surface area contributed by atoms with Crippen LogP contribution in [0.3, 0.4) is 0 Å². The Morgan fingerprint density at radius 1 is 1.30 bits per heavy atom. The minimum absolute atomic E-state index is 0.239. The SMILES string of the molecule is CC1C(O)NC(O)C[C@@H]1C. The zero-order chi connectivity index (χ0) is 7.72. The molecule has 10 heavy (non-hydrogen) atoms.